The Labute approximate surface area is 189 Å². The van der Waals surface area contributed by atoms with Gasteiger partial charge in [0.2, 0.25) is 0 Å². The van der Waals surface area contributed by atoms with E-state index in [0.29, 0.717) is 21.6 Å². The average molecular weight is 462 g/mol. The molecule has 0 radical (unpaired) electrons. The van der Waals surface area contributed by atoms with E-state index in [2.05, 4.69) is 29.5 Å². The Morgan fingerprint density at radius 2 is 1.84 bits per heavy atom. The minimum atomic E-state index is -1.54. The largest absolute Gasteiger partial charge is 0.396 e. The second kappa shape index (κ2) is 10.1. The number of nitrogens with two attached hydrogens (primary N) is 1. The highest BCUT2D eigenvalue weighted by molar-refractivity contribution is 7.80. The number of H-pyrrole nitrogens is 1. The number of thiol groups is 1. The van der Waals surface area contributed by atoms with E-state index in [1.165, 1.54) is 12.6 Å². The van der Waals surface area contributed by atoms with Crippen LogP contribution >= 0.6 is 24.2 Å². The van der Waals surface area contributed by atoms with Gasteiger partial charge in [0, 0.05) is 33.9 Å². The molecule has 0 bridgehead atoms. The number of nitrogen functional groups attached to an aromatic ring is 1. The Kier molecular flexibility index (Phi) is 7.54. The number of halogens is 3. The third-order valence-corrected chi connectivity index (χ3v) is 5.39. The summed E-state index contributed by atoms with van der Waals surface area (Å²) in [5, 5.41) is 11.8. The molecule has 0 aliphatic rings. The molecule has 0 spiro atoms. The van der Waals surface area contributed by atoms with Gasteiger partial charge >= 0.3 is 0 Å². The fourth-order valence-electron chi connectivity index (χ4n) is 3.04. The molecule has 4 rings (SSSR count). The lowest BCUT2D eigenvalue weighted by Gasteiger charge is -2.14. The highest BCUT2D eigenvalue weighted by Crippen LogP contribution is 2.34. The zero-order valence-corrected chi connectivity index (χ0v) is 18.4. The number of hydrogen-bond acceptors (Lipinski definition) is 4. The van der Waals surface area contributed by atoms with Crippen molar-refractivity contribution >= 4 is 41.0 Å². The van der Waals surface area contributed by atoms with Crippen LogP contribution in [0.3, 0.4) is 0 Å². The number of aromatic amines is 1. The number of fused-ring (bicyclic) bond motifs is 1. The zero-order valence-electron chi connectivity index (χ0n) is 16.7. The minimum Gasteiger partial charge on any atom is -0.396 e. The van der Waals surface area contributed by atoms with Crippen LogP contribution in [0, 0.1) is 11.6 Å². The van der Waals surface area contributed by atoms with Gasteiger partial charge in [0.1, 0.15) is 17.6 Å². The van der Waals surface area contributed by atoms with Crippen LogP contribution in [-0.2, 0) is 0 Å². The standard InChI is InChI=1S/C20H14ClF2N3O.C3H8S/c21-12-3-1-10(2-4-12)11-7-13-14(9-26-20(13)25-8-11)19(27)17-15(22)5-6-16(24)18(17)23;1-2-3-4/h1-9,19,27H,24H2,(H,25,26);4H,2-3H2,1H3. The van der Waals surface area contributed by atoms with Gasteiger partial charge in [0.05, 0.1) is 11.3 Å². The van der Waals surface area contributed by atoms with Gasteiger partial charge in [-0.15, -0.1) is 0 Å². The second-order valence-electron chi connectivity index (χ2n) is 6.86. The predicted octanol–water partition coefficient (Wildman–Crippen LogP) is 6.15. The maximum atomic E-state index is 14.3. The summed E-state index contributed by atoms with van der Waals surface area (Å²) in [5.41, 5.74) is 7.24. The third kappa shape index (κ3) is 5.01. The molecule has 0 aliphatic carbocycles. The summed E-state index contributed by atoms with van der Waals surface area (Å²) >= 11 is 9.84. The molecule has 4 aromatic rings. The summed E-state index contributed by atoms with van der Waals surface area (Å²) < 4.78 is 28.5. The first kappa shape index (κ1) is 23.1. The Bertz CT molecular complexity index is 1180. The van der Waals surface area contributed by atoms with Crippen LogP contribution < -0.4 is 5.73 Å². The second-order valence-corrected chi connectivity index (χ2v) is 7.75. The molecule has 8 heteroatoms. The van der Waals surface area contributed by atoms with Gasteiger partial charge in [-0.25, -0.2) is 13.8 Å². The van der Waals surface area contributed by atoms with Gasteiger partial charge in [-0.2, -0.15) is 12.6 Å². The molecule has 1 atom stereocenters. The van der Waals surface area contributed by atoms with Crippen LogP contribution in [0.1, 0.15) is 30.6 Å². The summed E-state index contributed by atoms with van der Waals surface area (Å²) in [6.07, 6.45) is 2.79. The number of benzene rings is 2. The maximum Gasteiger partial charge on any atom is 0.155 e. The number of aromatic nitrogens is 2. The molecule has 2 aromatic carbocycles. The number of hydrogen-bond donors (Lipinski definition) is 4. The minimum absolute atomic E-state index is 0.231. The van der Waals surface area contributed by atoms with Crippen molar-refractivity contribution in [2.75, 3.05) is 11.5 Å². The van der Waals surface area contributed by atoms with Gasteiger partial charge in [-0.3, -0.25) is 0 Å². The lowest BCUT2D eigenvalue weighted by Crippen LogP contribution is -2.07. The smallest absolute Gasteiger partial charge is 0.155 e. The lowest BCUT2D eigenvalue weighted by molar-refractivity contribution is 0.211. The molecule has 0 saturated heterocycles. The quantitative estimate of drug-likeness (QED) is 0.217. The molecule has 4 nitrogen and oxygen atoms in total. The highest BCUT2D eigenvalue weighted by Gasteiger charge is 2.24. The highest BCUT2D eigenvalue weighted by atomic mass is 35.5. The van der Waals surface area contributed by atoms with Crippen molar-refractivity contribution in [2.45, 2.75) is 19.4 Å². The van der Waals surface area contributed by atoms with Gasteiger partial charge < -0.3 is 15.8 Å². The number of rotatable bonds is 4. The molecule has 0 aliphatic heterocycles. The summed E-state index contributed by atoms with van der Waals surface area (Å²) in [6, 6.07) is 11.1. The van der Waals surface area contributed by atoms with Crippen LogP contribution in [0.4, 0.5) is 14.5 Å². The monoisotopic (exact) mass is 461 g/mol. The van der Waals surface area contributed by atoms with Crippen molar-refractivity contribution in [1.29, 1.82) is 0 Å². The SMILES string of the molecule is CCCS.Nc1ccc(F)c(C(O)c2c[nH]c3ncc(-c4ccc(Cl)cc4)cc23)c1F. The van der Waals surface area contributed by atoms with Crippen molar-refractivity contribution in [1.82, 2.24) is 9.97 Å². The van der Waals surface area contributed by atoms with Crippen molar-refractivity contribution in [3.8, 4) is 11.1 Å². The van der Waals surface area contributed by atoms with Gasteiger partial charge in [-0.05, 0) is 48.1 Å². The van der Waals surface area contributed by atoms with E-state index in [1.54, 1.807) is 24.4 Å². The Morgan fingerprint density at radius 3 is 2.48 bits per heavy atom. The molecule has 0 saturated carbocycles. The van der Waals surface area contributed by atoms with Crippen LogP contribution in [0.25, 0.3) is 22.2 Å². The third-order valence-electron chi connectivity index (χ3n) is 4.69. The predicted molar refractivity (Wildman–Crippen MR) is 126 cm³/mol. The fraction of sp³-hybridized carbons (Fsp3) is 0.174. The van der Waals surface area contributed by atoms with Crippen LogP contribution in [-0.4, -0.2) is 20.8 Å². The number of aliphatic hydroxyl groups is 1. The van der Waals surface area contributed by atoms with E-state index < -0.39 is 23.3 Å². The van der Waals surface area contributed by atoms with Crippen molar-refractivity contribution in [2.24, 2.45) is 0 Å². The van der Waals surface area contributed by atoms with E-state index in [0.717, 1.165) is 29.0 Å². The van der Waals surface area contributed by atoms with Gasteiger partial charge in [0.15, 0.2) is 5.82 Å². The normalized spacial score (nSPS) is 11.8. The zero-order chi connectivity index (χ0) is 22.5. The lowest BCUT2D eigenvalue weighted by atomic mass is 9.98. The Balaban J connectivity index is 0.000000628. The molecular formula is C23H22ClF2N3OS. The molecule has 2 aromatic heterocycles. The van der Waals surface area contributed by atoms with Gasteiger partial charge in [-0.1, -0.05) is 30.7 Å². The number of nitrogens with zero attached hydrogens (tertiary/aromatic N) is 1. The first-order valence-corrected chi connectivity index (χ1v) is 10.6. The van der Waals surface area contributed by atoms with Crippen LogP contribution in [0.5, 0.6) is 0 Å². The molecule has 1 unspecified atom stereocenters. The van der Waals surface area contributed by atoms with E-state index in [1.807, 2.05) is 12.1 Å². The van der Waals surface area contributed by atoms with Crippen LogP contribution in [0.2, 0.25) is 5.02 Å². The molecule has 0 amide bonds. The molecule has 2 heterocycles. The molecule has 4 N–H and O–H groups in total. The Hall–Kier alpha value is -2.61. The van der Waals surface area contributed by atoms with Crippen molar-refractivity contribution < 1.29 is 13.9 Å². The van der Waals surface area contributed by atoms with Crippen LogP contribution in [0.15, 0.2) is 54.9 Å². The maximum absolute atomic E-state index is 14.3. The van der Waals surface area contributed by atoms with E-state index in [4.69, 9.17) is 17.3 Å². The van der Waals surface area contributed by atoms with Crippen molar-refractivity contribution in [3.05, 3.63) is 82.6 Å². The number of aliphatic hydroxyl groups excluding tert-OH is 1. The molecule has 162 valence electrons. The summed E-state index contributed by atoms with van der Waals surface area (Å²) in [5.74, 6) is -0.830. The number of pyridine rings is 1. The first-order chi connectivity index (χ1) is 14.9. The van der Waals surface area contributed by atoms with Crippen molar-refractivity contribution in [3.63, 3.8) is 0 Å². The first-order valence-electron chi connectivity index (χ1n) is 9.62. The van der Waals surface area contributed by atoms with E-state index >= 15 is 0 Å². The van der Waals surface area contributed by atoms with E-state index in [-0.39, 0.29) is 5.69 Å². The topological polar surface area (TPSA) is 74.9 Å². The van der Waals surface area contributed by atoms with Gasteiger partial charge in [0.25, 0.3) is 0 Å². The molecule has 0 fully saturated rings. The van der Waals surface area contributed by atoms with E-state index in [9.17, 15) is 13.9 Å². The molecular weight excluding hydrogens is 440 g/mol. The summed E-state index contributed by atoms with van der Waals surface area (Å²) in [4.78, 5) is 7.24. The Morgan fingerprint density at radius 1 is 1.16 bits per heavy atom. The molecule has 31 heavy (non-hydrogen) atoms. The number of nitrogens with one attached hydrogen (secondary N) is 1. The fourth-order valence-corrected chi connectivity index (χ4v) is 3.17. The number of anilines is 1. The summed E-state index contributed by atoms with van der Waals surface area (Å²) in [6.45, 7) is 2.10. The summed E-state index contributed by atoms with van der Waals surface area (Å²) in [7, 11) is 0. The average Bonchev–Trinajstić information content (AvgIpc) is 3.20.